The lowest BCUT2D eigenvalue weighted by molar-refractivity contribution is 1.29. The van der Waals surface area contributed by atoms with E-state index in [0.29, 0.717) is 0 Å². The molecule has 0 aromatic heterocycles. The summed E-state index contributed by atoms with van der Waals surface area (Å²) in [5.41, 5.74) is 9.09. The highest BCUT2D eigenvalue weighted by molar-refractivity contribution is 6.11. The van der Waals surface area contributed by atoms with Crippen molar-refractivity contribution in [2.24, 2.45) is 0 Å². The molecule has 0 unspecified atom stereocenters. The van der Waals surface area contributed by atoms with Crippen LogP contribution in [0.1, 0.15) is 11.1 Å². The van der Waals surface area contributed by atoms with Crippen LogP contribution in [-0.2, 0) is 0 Å². The molecule has 8 aromatic carbocycles. The minimum Gasteiger partial charge on any atom is -0.310 e. The van der Waals surface area contributed by atoms with Gasteiger partial charge in [-0.1, -0.05) is 146 Å². The van der Waals surface area contributed by atoms with Crippen molar-refractivity contribution in [3.63, 3.8) is 0 Å². The van der Waals surface area contributed by atoms with Gasteiger partial charge in [-0.05, 0) is 91.2 Å². The molecule has 0 aliphatic rings. The van der Waals surface area contributed by atoms with E-state index in [-0.39, 0.29) is 0 Å². The summed E-state index contributed by atoms with van der Waals surface area (Å²) in [6.07, 6.45) is 0. The highest BCUT2D eigenvalue weighted by atomic mass is 15.1. The number of hydrogen-bond donors (Lipinski definition) is 0. The molecule has 0 amide bonds. The van der Waals surface area contributed by atoms with E-state index in [2.05, 4.69) is 187 Å². The first kappa shape index (κ1) is 26.7. The van der Waals surface area contributed by atoms with E-state index >= 15 is 0 Å². The molecule has 0 radical (unpaired) electrons. The topological polar surface area (TPSA) is 3.24 Å². The fraction of sp³-hybridized carbons (Fsp3) is 0. The van der Waals surface area contributed by atoms with Crippen LogP contribution in [0, 0.1) is 0 Å². The Morgan fingerprint density at radius 1 is 0.400 bits per heavy atom. The lowest BCUT2D eigenvalue weighted by Crippen LogP contribution is -2.10. The molecule has 0 fully saturated rings. The molecule has 0 bridgehead atoms. The van der Waals surface area contributed by atoms with Gasteiger partial charge in [-0.3, -0.25) is 0 Å². The fourth-order valence-electron chi connectivity index (χ4n) is 6.56. The Morgan fingerprint density at radius 2 is 0.889 bits per heavy atom. The Hall–Kier alpha value is -5.92. The van der Waals surface area contributed by atoms with Gasteiger partial charge in [0.2, 0.25) is 0 Å². The Kier molecular flexibility index (Phi) is 6.70. The molecule has 0 saturated heterocycles. The highest BCUT2D eigenvalue weighted by Gasteiger charge is 2.17. The molecule has 212 valence electrons. The number of rotatable bonds is 6. The lowest BCUT2D eigenvalue weighted by atomic mass is 9.89. The van der Waals surface area contributed by atoms with Crippen molar-refractivity contribution < 1.29 is 0 Å². The number of anilines is 3. The number of fused-ring (bicyclic) bond motifs is 3. The van der Waals surface area contributed by atoms with Crippen molar-refractivity contribution in [3.05, 3.63) is 194 Å². The molecule has 0 saturated carbocycles. The molecule has 0 N–H and O–H groups in total. The van der Waals surface area contributed by atoms with Crippen LogP contribution in [-0.4, -0.2) is 0 Å². The molecule has 0 spiro atoms. The Labute approximate surface area is 264 Å². The first-order valence-corrected chi connectivity index (χ1v) is 15.4. The van der Waals surface area contributed by atoms with Crippen LogP contribution < -0.4 is 4.90 Å². The summed E-state index contributed by atoms with van der Waals surface area (Å²) >= 11 is 0. The molecular formula is C44H31N. The van der Waals surface area contributed by atoms with Gasteiger partial charge in [0.25, 0.3) is 0 Å². The average Bonchev–Trinajstić information content (AvgIpc) is 3.11. The van der Waals surface area contributed by atoms with Crippen molar-refractivity contribution in [2.45, 2.75) is 0 Å². The van der Waals surface area contributed by atoms with E-state index in [0.717, 1.165) is 28.2 Å². The third-order valence-electron chi connectivity index (χ3n) is 8.79. The summed E-state index contributed by atoms with van der Waals surface area (Å²) in [7, 11) is 0. The van der Waals surface area contributed by atoms with Gasteiger partial charge in [0.15, 0.2) is 0 Å². The summed E-state index contributed by atoms with van der Waals surface area (Å²) in [6, 6.07) is 62.9. The van der Waals surface area contributed by atoms with Crippen LogP contribution in [0.25, 0.3) is 49.0 Å². The van der Waals surface area contributed by atoms with Gasteiger partial charge in [0.1, 0.15) is 0 Å². The summed E-state index contributed by atoms with van der Waals surface area (Å²) in [5.74, 6) is 0. The second-order valence-electron chi connectivity index (χ2n) is 11.5. The van der Waals surface area contributed by atoms with E-state index < -0.39 is 0 Å². The van der Waals surface area contributed by atoms with E-state index in [1.165, 1.54) is 49.0 Å². The van der Waals surface area contributed by atoms with Gasteiger partial charge in [-0.25, -0.2) is 0 Å². The van der Waals surface area contributed by atoms with Crippen molar-refractivity contribution in [3.8, 4) is 11.1 Å². The van der Waals surface area contributed by atoms with Gasteiger partial charge in [-0.15, -0.1) is 0 Å². The van der Waals surface area contributed by atoms with Crippen LogP contribution in [0.15, 0.2) is 183 Å². The standard InChI is InChI=1S/C44H31N/c1-31(44-41-19-9-6-15-36(41)30-37-16-7-10-20-42(37)44)32-22-26-38(27-23-32)45(43-21-11-17-35-14-5-8-18-40(35)43)39-28-24-34(25-29-39)33-12-3-2-4-13-33/h2-30H,1H2. The van der Waals surface area contributed by atoms with E-state index in [1.807, 2.05) is 0 Å². The van der Waals surface area contributed by atoms with Crippen molar-refractivity contribution in [1.82, 2.24) is 0 Å². The van der Waals surface area contributed by atoms with Crippen molar-refractivity contribution in [1.29, 1.82) is 0 Å². The van der Waals surface area contributed by atoms with Gasteiger partial charge in [-0.2, -0.15) is 0 Å². The van der Waals surface area contributed by atoms with E-state index in [4.69, 9.17) is 0 Å². The minimum absolute atomic E-state index is 1.03. The molecule has 0 heterocycles. The minimum atomic E-state index is 1.03. The quantitative estimate of drug-likeness (QED) is 0.179. The zero-order valence-corrected chi connectivity index (χ0v) is 24.9. The maximum Gasteiger partial charge on any atom is 0.0540 e. The number of nitrogens with zero attached hydrogens (tertiary/aromatic N) is 1. The summed E-state index contributed by atoms with van der Waals surface area (Å²) < 4.78 is 0. The van der Waals surface area contributed by atoms with Crippen LogP contribution in [0.2, 0.25) is 0 Å². The van der Waals surface area contributed by atoms with Crippen LogP contribution in [0.4, 0.5) is 17.1 Å². The second-order valence-corrected chi connectivity index (χ2v) is 11.5. The molecule has 0 atom stereocenters. The molecule has 1 nitrogen and oxygen atoms in total. The molecular weight excluding hydrogens is 542 g/mol. The zero-order chi connectivity index (χ0) is 30.2. The van der Waals surface area contributed by atoms with Gasteiger partial charge in [0.05, 0.1) is 5.69 Å². The Morgan fingerprint density at radius 3 is 1.53 bits per heavy atom. The van der Waals surface area contributed by atoms with E-state index in [9.17, 15) is 0 Å². The molecule has 8 rings (SSSR count). The maximum absolute atomic E-state index is 4.65. The molecule has 0 aliphatic heterocycles. The number of hydrogen-bond acceptors (Lipinski definition) is 1. The summed E-state index contributed by atoms with van der Waals surface area (Å²) in [4.78, 5) is 2.36. The third kappa shape index (κ3) is 4.85. The van der Waals surface area contributed by atoms with Crippen LogP contribution >= 0.6 is 0 Å². The largest absolute Gasteiger partial charge is 0.310 e. The molecule has 45 heavy (non-hydrogen) atoms. The Bertz CT molecular complexity index is 2250. The predicted octanol–water partition coefficient (Wildman–Crippen LogP) is 12.3. The summed E-state index contributed by atoms with van der Waals surface area (Å²) in [5, 5.41) is 7.33. The highest BCUT2D eigenvalue weighted by Crippen LogP contribution is 2.41. The average molecular weight is 574 g/mol. The maximum atomic E-state index is 4.65. The fourth-order valence-corrected chi connectivity index (χ4v) is 6.56. The SMILES string of the molecule is C=C(c1ccc(N(c2ccc(-c3ccccc3)cc2)c2cccc3ccccc23)cc1)c1c2ccccc2cc2ccccc12. The first-order valence-electron chi connectivity index (χ1n) is 15.4. The second kappa shape index (κ2) is 11.3. The number of benzene rings is 8. The summed E-state index contributed by atoms with van der Waals surface area (Å²) in [6.45, 7) is 4.65. The smallest absolute Gasteiger partial charge is 0.0540 e. The van der Waals surface area contributed by atoms with Crippen molar-refractivity contribution >= 4 is 55.0 Å². The monoisotopic (exact) mass is 573 g/mol. The first-order chi connectivity index (χ1) is 22.2. The normalized spacial score (nSPS) is 11.2. The van der Waals surface area contributed by atoms with Gasteiger partial charge in [0, 0.05) is 16.8 Å². The van der Waals surface area contributed by atoms with Gasteiger partial charge >= 0.3 is 0 Å². The lowest BCUT2D eigenvalue weighted by Gasteiger charge is -2.27. The van der Waals surface area contributed by atoms with Crippen LogP contribution in [0.3, 0.4) is 0 Å². The van der Waals surface area contributed by atoms with Crippen LogP contribution in [0.5, 0.6) is 0 Å². The van der Waals surface area contributed by atoms with Crippen molar-refractivity contribution in [2.75, 3.05) is 4.90 Å². The zero-order valence-electron chi connectivity index (χ0n) is 24.9. The Balaban J connectivity index is 1.24. The molecule has 1 heteroatoms. The molecule has 8 aromatic rings. The molecule has 0 aliphatic carbocycles. The predicted molar refractivity (Wildman–Crippen MR) is 194 cm³/mol. The van der Waals surface area contributed by atoms with E-state index in [1.54, 1.807) is 0 Å². The van der Waals surface area contributed by atoms with Gasteiger partial charge < -0.3 is 4.90 Å². The third-order valence-corrected chi connectivity index (χ3v) is 8.79.